The van der Waals surface area contributed by atoms with Crippen LogP contribution in [0.2, 0.25) is 10.0 Å². The van der Waals surface area contributed by atoms with Gasteiger partial charge < -0.3 is 4.52 Å². The Morgan fingerprint density at radius 1 is 1.32 bits per heavy atom. The van der Waals surface area contributed by atoms with Gasteiger partial charge in [-0.1, -0.05) is 36.5 Å². The summed E-state index contributed by atoms with van der Waals surface area (Å²) in [4.78, 5) is 23.6. The molecule has 0 saturated heterocycles. The van der Waals surface area contributed by atoms with Crippen LogP contribution in [0, 0.1) is 0 Å². The van der Waals surface area contributed by atoms with Gasteiger partial charge in [-0.25, -0.2) is 4.79 Å². The zero-order chi connectivity index (χ0) is 14.0. The standard InChI is InChI=1S/C13H11Cl2NO3/c1-2-3-9-7-12(17)19-16(9)13(18)10-5-4-8(14)6-11(10)15/h4-7H,2-3H2,1H3. The first-order chi connectivity index (χ1) is 9.02. The van der Waals surface area contributed by atoms with Crippen LogP contribution in [-0.2, 0) is 6.42 Å². The summed E-state index contributed by atoms with van der Waals surface area (Å²) < 4.78 is 5.88. The lowest BCUT2D eigenvalue weighted by atomic mass is 10.2. The fourth-order valence-corrected chi connectivity index (χ4v) is 2.23. The van der Waals surface area contributed by atoms with Gasteiger partial charge in [-0.05, 0) is 24.6 Å². The van der Waals surface area contributed by atoms with Gasteiger partial charge in [0.15, 0.2) is 0 Å². The molecule has 1 aromatic heterocycles. The fourth-order valence-electron chi connectivity index (χ4n) is 1.74. The topological polar surface area (TPSA) is 52.2 Å². The molecule has 6 heteroatoms. The molecule has 4 nitrogen and oxygen atoms in total. The zero-order valence-electron chi connectivity index (χ0n) is 10.2. The number of halogens is 2. The summed E-state index contributed by atoms with van der Waals surface area (Å²) >= 11 is 11.7. The van der Waals surface area contributed by atoms with Gasteiger partial charge in [-0.2, -0.15) is 0 Å². The van der Waals surface area contributed by atoms with Crippen LogP contribution >= 0.6 is 23.2 Å². The van der Waals surface area contributed by atoms with Gasteiger partial charge in [-0.15, -0.1) is 4.74 Å². The molecule has 0 bridgehead atoms. The number of benzene rings is 1. The smallest absolute Gasteiger partial charge is 0.328 e. The van der Waals surface area contributed by atoms with E-state index in [1.165, 1.54) is 18.2 Å². The molecule has 0 spiro atoms. The SMILES string of the molecule is CCCc1cc(=O)on1C(=O)c1ccc(Cl)cc1Cl. The van der Waals surface area contributed by atoms with Crippen molar-refractivity contribution in [2.45, 2.75) is 19.8 Å². The summed E-state index contributed by atoms with van der Waals surface area (Å²) in [5.74, 6) is -0.479. The molecule has 1 heterocycles. The van der Waals surface area contributed by atoms with Crippen molar-refractivity contribution in [3.63, 3.8) is 0 Å². The normalized spacial score (nSPS) is 10.7. The Hall–Kier alpha value is -1.52. The Balaban J connectivity index is 2.46. The van der Waals surface area contributed by atoms with E-state index in [9.17, 15) is 9.59 Å². The third-order valence-corrected chi connectivity index (χ3v) is 3.13. The maximum absolute atomic E-state index is 12.3. The van der Waals surface area contributed by atoms with Crippen LogP contribution in [0.25, 0.3) is 0 Å². The number of aromatic nitrogens is 1. The molecule has 0 aliphatic heterocycles. The lowest BCUT2D eigenvalue weighted by Crippen LogP contribution is -2.14. The summed E-state index contributed by atoms with van der Waals surface area (Å²) in [6, 6.07) is 5.84. The summed E-state index contributed by atoms with van der Waals surface area (Å²) in [5, 5.41) is 0.653. The second-order valence-corrected chi connectivity index (χ2v) is 4.86. The molecule has 0 aliphatic carbocycles. The van der Waals surface area contributed by atoms with E-state index in [4.69, 9.17) is 27.7 Å². The van der Waals surface area contributed by atoms with Crippen molar-refractivity contribution < 1.29 is 9.32 Å². The highest BCUT2D eigenvalue weighted by Crippen LogP contribution is 2.22. The summed E-state index contributed by atoms with van der Waals surface area (Å²) in [5.41, 5.74) is 0.216. The number of aryl methyl sites for hydroxylation is 1. The lowest BCUT2D eigenvalue weighted by molar-refractivity contribution is 0.0831. The number of hydrogen-bond acceptors (Lipinski definition) is 3. The van der Waals surface area contributed by atoms with E-state index in [1.54, 1.807) is 6.07 Å². The third-order valence-electron chi connectivity index (χ3n) is 2.58. The molecule has 0 unspecified atom stereocenters. The molecule has 0 amide bonds. The van der Waals surface area contributed by atoms with E-state index in [-0.39, 0.29) is 10.6 Å². The molecule has 2 aromatic rings. The van der Waals surface area contributed by atoms with Gasteiger partial charge in [0.2, 0.25) is 0 Å². The molecular formula is C13H11Cl2NO3. The van der Waals surface area contributed by atoms with Crippen LogP contribution in [-0.4, -0.2) is 10.6 Å². The maximum atomic E-state index is 12.3. The van der Waals surface area contributed by atoms with Crippen LogP contribution in [0.3, 0.4) is 0 Å². The molecule has 0 saturated carbocycles. The highest BCUT2D eigenvalue weighted by molar-refractivity contribution is 6.36. The number of nitrogens with zero attached hydrogens (tertiary/aromatic N) is 1. The van der Waals surface area contributed by atoms with Crippen molar-refractivity contribution in [3.8, 4) is 0 Å². The van der Waals surface area contributed by atoms with Crippen LogP contribution in [0.5, 0.6) is 0 Å². The Morgan fingerprint density at radius 3 is 2.68 bits per heavy atom. The molecule has 19 heavy (non-hydrogen) atoms. The molecule has 0 aliphatic rings. The second kappa shape index (κ2) is 5.63. The van der Waals surface area contributed by atoms with Crippen LogP contribution in [0.4, 0.5) is 0 Å². The van der Waals surface area contributed by atoms with Gasteiger partial charge in [0.1, 0.15) is 0 Å². The van der Waals surface area contributed by atoms with Gasteiger partial charge in [0.05, 0.1) is 16.3 Å². The monoisotopic (exact) mass is 299 g/mol. The Kier molecular flexibility index (Phi) is 4.12. The largest absolute Gasteiger partial charge is 0.358 e. The van der Waals surface area contributed by atoms with E-state index in [0.29, 0.717) is 17.1 Å². The van der Waals surface area contributed by atoms with Crippen molar-refractivity contribution in [1.82, 2.24) is 4.74 Å². The Bertz CT molecular complexity index is 673. The van der Waals surface area contributed by atoms with Gasteiger partial charge in [0, 0.05) is 11.1 Å². The average Bonchev–Trinajstić information content (AvgIpc) is 2.70. The van der Waals surface area contributed by atoms with E-state index in [2.05, 4.69) is 0 Å². The average molecular weight is 300 g/mol. The molecule has 0 fully saturated rings. The lowest BCUT2D eigenvalue weighted by Gasteiger charge is -2.06. The van der Waals surface area contributed by atoms with E-state index >= 15 is 0 Å². The number of rotatable bonds is 3. The van der Waals surface area contributed by atoms with Crippen molar-refractivity contribution in [1.29, 1.82) is 0 Å². The minimum Gasteiger partial charge on any atom is -0.328 e. The number of carbonyl (C=O) groups is 1. The Labute approximate surface area is 119 Å². The minimum absolute atomic E-state index is 0.219. The van der Waals surface area contributed by atoms with E-state index < -0.39 is 11.5 Å². The Morgan fingerprint density at radius 2 is 2.05 bits per heavy atom. The molecule has 0 atom stereocenters. The molecule has 1 aromatic carbocycles. The molecule has 0 radical (unpaired) electrons. The predicted molar refractivity (Wildman–Crippen MR) is 73.2 cm³/mol. The highest BCUT2D eigenvalue weighted by Gasteiger charge is 2.18. The molecule has 100 valence electrons. The molecule has 0 N–H and O–H groups in total. The fraction of sp³-hybridized carbons (Fsp3) is 0.231. The molecular weight excluding hydrogens is 289 g/mol. The van der Waals surface area contributed by atoms with Gasteiger partial charge in [0.25, 0.3) is 5.91 Å². The van der Waals surface area contributed by atoms with Crippen molar-refractivity contribution in [2.24, 2.45) is 0 Å². The zero-order valence-corrected chi connectivity index (χ0v) is 11.7. The first-order valence-corrected chi connectivity index (χ1v) is 6.50. The molecule has 2 rings (SSSR count). The number of hydrogen-bond donors (Lipinski definition) is 0. The first kappa shape index (κ1) is 13.9. The number of carbonyl (C=O) groups excluding carboxylic acids is 1. The maximum Gasteiger partial charge on any atom is 0.358 e. The van der Waals surface area contributed by atoms with Gasteiger partial charge in [-0.3, -0.25) is 4.79 Å². The van der Waals surface area contributed by atoms with Gasteiger partial charge >= 0.3 is 5.63 Å². The van der Waals surface area contributed by atoms with E-state index in [1.807, 2.05) is 6.92 Å². The third kappa shape index (κ3) is 2.91. The first-order valence-electron chi connectivity index (χ1n) is 5.75. The summed E-state index contributed by atoms with van der Waals surface area (Å²) in [6.45, 7) is 1.95. The second-order valence-electron chi connectivity index (χ2n) is 4.02. The summed E-state index contributed by atoms with van der Waals surface area (Å²) in [6.07, 6.45) is 1.36. The van der Waals surface area contributed by atoms with Crippen molar-refractivity contribution in [3.05, 3.63) is 56.0 Å². The quantitative estimate of drug-likeness (QED) is 0.873. The van der Waals surface area contributed by atoms with Crippen molar-refractivity contribution in [2.75, 3.05) is 0 Å². The van der Waals surface area contributed by atoms with Crippen molar-refractivity contribution >= 4 is 29.1 Å². The summed E-state index contributed by atoms with van der Waals surface area (Å²) in [7, 11) is 0. The van der Waals surface area contributed by atoms with Crippen LogP contribution < -0.4 is 5.63 Å². The highest BCUT2D eigenvalue weighted by atomic mass is 35.5. The predicted octanol–water partition coefficient (Wildman–Crippen LogP) is 3.39. The minimum atomic E-state index is -0.554. The van der Waals surface area contributed by atoms with Crippen LogP contribution in [0.1, 0.15) is 29.4 Å². The van der Waals surface area contributed by atoms with E-state index in [0.717, 1.165) is 11.2 Å². The van der Waals surface area contributed by atoms with Crippen LogP contribution in [0.15, 0.2) is 33.6 Å².